The van der Waals surface area contributed by atoms with Gasteiger partial charge in [0.25, 0.3) is 0 Å². The summed E-state index contributed by atoms with van der Waals surface area (Å²) in [6.45, 7) is 6.36. The van der Waals surface area contributed by atoms with E-state index in [0.717, 1.165) is 0 Å². The molecule has 0 aromatic carbocycles. The average molecular weight is 184 g/mol. The lowest BCUT2D eigenvalue weighted by atomic mass is 9.89. The van der Waals surface area contributed by atoms with Gasteiger partial charge in [-0.25, -0.2) is 0 Å². The normalized spacial score (nSPS) is 40.1. The Bertz CT molecular complexity index is 163. The molecule has 1 fully saturated rings. The first-order valence-corrected chi connectivity index (χ1v) is 4.73. The summed E-state index contributed by atoms with van der Waals surface area (Å²) in [7, 11) is 5.54. The van der Waals surface area contributed by atoms with E-state index >= 15 is 0 Å². The molecule has 4 heteroatoms. The Hall–Kier alpha value is -0.0551. The Kier molecular flexibility index (Phi) is 3.77. The highest BCUT2D eigenvalue weighted by molar-refractivity contribution is 6.11. The van der Waals surface area contributed by atoms with Crippen molar-refractivity contribution in [1.82, 2.24) is 0 Å². The Labute approximate surface area is 80.8 Å². The monoisotopic (exact) mass is 184 g/mol. The van der Waals surface area contributed by atoms with Gasteiger partial charge in [0.2, 0.25) is 0 Å². The van der Waals surface area contributed by atoms with E-state index < -0.39 is 12.1 Å². The van der Waals surface area contributed by atoms with Crippen molar-refractivity contribution in [1.29, 1.82) is 0 Å². The maximum Gasteiger partial charge on any atom is 0.112 e. The molecule has 1 aliphatic rings. The van der Waals surface area contributed by atoms with Crippen LogP contribution >= 0.6 is 0 Å². The van der Waals surface area contributed by atoms with Gasteiger partial charge in [-0.3, -0.25) is 0 Å². The molecule has 1 aliphatic heterocycles. The number of aliphatic hydroxyl groups excluding tert-OH is 1. The molecule has 0 unspecified atom stereocenters. The van der Waals surface area contributed by atoms with Crippen molar-refractivity contribution >= 4 is 7.85 Å². The molecule has 0 aromatic rings. The molecule has 0 spiro atoms. The molecule has 0 saturated carbocycles. The van der Waals surface area contributed by atoms with Gasteiger partial charge in [0, 0.05) is 11.9 Å². The second-order valence-electron chi connectivity index (χ2n) is 3.87. The topological polar surface area (TPSA) is 38.7 Å². The number of rotatable bonds is 3. The molecule has 0 aromatic heterocycles. The van der Waals surface area contributed by atoms with Gasteiger partial charge in [-0.2, -0.15) is 0 Å². The predicted molar refractivity (Wildman–Crippen MR) is 50.7 cm³/mol. The summed E-state index contributed by atoms with van der Waals surface area (Å²) in [5.41, 5.74) is 0. The summed E-state index contributed by atoms with van der Waals surface area (Å²) in [6.07, 6.45) is -0.460. The van der Waals surface area contributed by atoms with Crippen LogP contribution in [-0.4, -0.2) is 43.9 Å². The molecule has 4 atom stereocenters. The lowest BCUT2D eigenvalue weighted by Gasteiger charge is -2.17. The summed E-state index contributed by atoms with van der Waals surface area (Å²) >= 11 is 0. The fraction of sp³-hybridized carbons (Fsp3) is 1.00. The highest BCUT2D eigenvalue weighted by atomic mass is 16.6. The van der Waals surface area contributed by atoms with Gasteiger partial charge in [-0.1, -0.05) is 6.92 Å². The van der Waals surface area contributed by atoms with Crippen LogP contribution in [0.3, 0.4) is 0 Å². The van der Waals surface area contributed by atoms with Gasteiger partial charge >= 0.3 is 0 Å². The van der Waals surface area contributed by atoms with Gasteiger partial charge < -0.3 is 14.6 Å². The zero-order valence-corrected chi connectivity index (χ0v) is 8.43. The largest absolute Gasteiger partial charge is 0.391 e. The zero-order chi connectivity index (χ0) is 10.0. The van der Waals surface area contributed by atoms with Crippen LogP contribution in [0.15, 0.2) is 0 Å². The summed E-state index contributed by atoms with van der Waals surface area (Å²) in [5, 5.41) is 9.50. The molecule has 13 heavy (non-hydrogen) atoms. The van der Waals surface area contributed by atoms with E-state index in [2.05, 4.69) is 0 Å². The van der Waals surface area contributed by atoms with Crippen LogP contribution in [0.4, 0.5) is 0 Å². The van der Waals surface area contributed by atoms with Crippen molar-refractivity contribution in [3.63, 3.8) is 0 Å². The van der Waals surface area contributed by atoms with E-state index in [-0.39, 0.29) is 18.1 Å². The number of aliphatic hydroxyl groups is 1. The van der Waals surface area contributed by atoms with Crippen LogP contribution in [0.1, 0.15) is 20.8 Å². The van der Waals surface area contributed by atoms with E-state index in [1.54, 1.807) is 0 Å². The predicted octanol–water partition coefficient (Wildman–Crippen LogP) is 0.302. The second kappa shape index (κ2) is 4.44. The summed E-state index contributed by atoms with van der Waals surface area (Å²) < 4.78 is 10.7. The third-order valence-electron chi connectivity index (χ3n) is 2.39. The van der Waals surface area contributed by atoms with Crippen molar-refractivity contribution in [3.05, 3.63) is 0 Å². The first kappa shape index (κ1) is 11.0. The van der Waals surface area contributed by atoms with Gasteiger partial charge in [0.05, 0.1) is 24.9 Å². The fourth-order valence-electron chi connectivity index (χ4n) is 1.40. The highest BCUT2D eigenvalue weighted by Gasteiger charge is 2.37. The Morgan fingerprint density at radius 3 is 2.54 bits per heavy atom. The van der Waals surface area contributed by atoms with Crippen LogP contribution < -0.4 is 0 Å². The van der Waals surface area contributed by atoms with Gasteiger partial charge in [-0.05, 0) is 13.8 Å². The minimum Gasteiger partial charge on any atom is -0.391 e. The van der Waals surface area contributed by atoms with Gasteiger partial charge in [0.1, 0.15) is 7.85 Å². The molecular weight excluding hydrogens is 167 g/mol. The molecule has 1 N–H and O–H groups in total. The van der Waals surface area contributed by atoms with Crippen LogP contribution in [0.25, 0.3) is 0 Å². The first-order chi connectivity index (χ1) is 6.02. The number of hydrogen-bond donors (Lipinski definition) is 1. The van der Waals surface area contributed by atoms with Crippen molar-refractivity contribution in [3.8, 4) is 0 Å². The minimum atomic E-state index is -0.569. The fourth-order valence-corrected chi connectivity index (χ4v) is 1.40. The molecule has 0 bridgehead atoms. The Morgan fingerprint density at radius 1 is 1.54 bits per heavy atom. The molecule has 2 radical (unpaired) electrons. The molecular formula is C9H17BO3. The van der Waals surface area contributed by atoms with E-state index in [0.29, 0.717) is 6.61 Å². The molecule has 1 heterocycles. The zero-order valence-electron chi connectivity index (χ0n) is 8.43. The van der Waals surface area contributed by atoms with E-state index in [1.807, 2.05) is 20.8 Å². The van der Waals surface area contributed by atoms with Crippen LogP contribution in [0.5, 0.6) is 0 Å². The smallest absolute Gasteiger partial charge is 0.112 e. The summed E-state index contributed by atoms with van der Waals surface area (Å²) in [6, 6.07) is -0.559. The number of ether oxygens (including phenoxy) is 2. The summed E-state index contributed by atoms with van der Waals surface area (Å²) in [4.78, 5) is 0. The molecule has 0 amide bonds. The van der Waals surface area contributed by atoms with Crippen LogP contribution in [0.2, 0.25) is 0 Å². The first-order valence-electron chi connectivity index (χ1n) is 4.73. The van der Waals surface area contributed by atoms with Crippen molar-refractivity contribution < 1.29 is 14.6 Å². The van der Waals surface area contributed by atoms with E-state index in [9.17, 15) is 5.11 Å². The van der Waals surface area contributed by atoms with Crippen molar-refractivity contribution in [2.45, 2.75) is 45.1 Å². The van der Waals surface area contributed by atoms with Crippen LogP contribution in [0, 0.1) is 5.92 Å². The maximum atomic E-state index is 9.50. The standard InChI is InChI=1S/C9H17BO3/c1-5(2)12-4-7-6(3)8(11)9(10)13-7/h5-9,11H,4H2,1-3H3/t6-,7-,8-,9-/m1/s1. The second-order valence-corrected chi connectivity index (χ2v) is 3.87. The van der Waals surface area contributed by atoms with E-state index in [4.69, 9.17) is 17.3 Å². The lowest BCUT2D eigenvalue weighted by molar-refractivity contribution is -0.0262. The molecule has 1 saturated heterocycles. The maximum absolute atomic E-state index is 9.50. The van der Waals surface area contributed by atoms with Crippen LogP contribution in [-0.2, 0) is 9.47 Å². The summed E-state index contributed by atoms with van der Waals surface area (Å²) in [5.74, 6) is 0.0498. The van der Waals surface area contributed by atoms with Crippen molar-refractivity contribution in [2.24, 2.45) is 5.92 Å². The van der Waals surface area contributed by atoms with Gasteiger partial charge in [-0.15, -0.1) is 0 Å². The molecule has 3 nitrogen and oxygen atoms in total. The quantitative estimate of drug-likeness (QED) is 0.641. The molecule has 1 rings (SSSR count). The molecule has 0 aliphatic carbocycles. The third-order valence-corrected chi connectivity index (χ3v) is 2.39. The van der Waals surface area contributed by atoms with E-state index in [1.165, 1.54) is 0 Å². The Balaban J connectivity index is 2.35. The SMILES string of the molecule is [B][C@@H]1O[C@H](COC(C)C)[C@@H](C)[C@H]1O. The molecule has 74 valence electrons. The lowest BCUT2D eigenvalue weighted by Crippen LogP contribution is -2.27. The number of hydrogen-bond acceptors (Lipinski definition) is 3. The average Bonchev–Trinajstić information content (AvgIpc) is 2.29. The minimum absolute atomic E-state index is 0.0498. The Morgan fingerprint density at radius 2 is 2.15 bits per heavy atom. The van der Waals surface area contributed by atoms with Crippen molar-refractivity contribution in [2.75, 3.05) is 6.61 Å². The highest BCUT2D eigenvalue weighted by Crippen LogP contribution is 2.25. The van der Waals surface area contributed by atoms with Gasteiger partial charge in [0.15, 0.2) is 0 Å². The third kappa shape index (κ3) is 2.69.